The summed E-state index contributed by atoms with van der Waals surface area (Å²) in [6.45, 7) is 11.7. The van der Waals surface area contributed by atoms with E-state index in [9.17, 15) is 0 Å². The molecule has 0 aromatic heterocycles. The maximum Gasteiger partial charge on any atom is 0.0700 e. The molecule has 90 valence electrons. The van der Waals surface area contributed by atoms with E-state index < -0.39 is 0 Å². The van der Waals surface area contributed by atoms with Crippen LogP contribution in [-0.2, 0) is 4.74 Å². The number of rotatable bonds is 5. The van der Waals surface area contributed by atoms with Crippen LogP contribution >= 0.6 is 0 Å². The molecule has 1 aliphatic rings. The van der Waals surface area contributed by atoms with Gasteiger partial charge in [0.25, 0.3) is 0 Å². The standard InChI is InChI=1S/C12H26N2O/c1-10(8-14-12(2,3)4)13-9-11-6-5-7-15-11/h10-11,13-14H,5-9H2,1-4H3/t10?,11-/m1/s1. The Morgan fingerprint density at radius 3 is 2.67 bits per heavy atom. The molecule has 2 atom stereocenters. The molecule has 2 N–H and O–H groups in total. The lowest BCUT2D eigenvalue weighted by Gasteiger charge is -2.24. The average Bonchev–Trinajstić information content (AvgIpc) is 2.62. The Morgan fingerprint density at radius 1 is 1.40 bits per heavy atom. The fraction of sp³-hybridized carbons (Fsp3) is 1.00. The molecule has 3 heteroatoms. The van der Waals surface area contributed by atoms with Gasteiger partial charge in [0.2, 0.25) is 0 Å². The molecule has 3 nitrogen and oxygen atoms in total. The van der Waals surface area contributed by atoms with E-state index >= 15 is 0 Å². The largest absolute Gasteiger partial charge is 0.377 e. The first-order valence-electron chi connectivity index (χ1n) is 6.07. The van der Waals surface area contributed by atoms with Gasteiger partial charge in [0.15, 0.2) is 0 Å². The van der Waals surface area contributed by atoms with E-state index in [1.807, 2.05) is 0 Å². The van der Waals surface area contributed by atoms with Crippen LogP contribution in [-0.4, -0.2) is 37.4 Å². The SMILES string of the molecule is CC(CNC(C)(C)C)NC[C@H]1CCCO1. The van der Waals surface area contributed by atoms with E-state index in [2.05, 4.69) is 38.3 Å². The van der Waals surface area contributed by atoms with Gasteiger partial charge in [-0.05, 0) is 40.5 Å². The van der Waals surface area contributed by atoms with Crippen molar-refractivity contribution in [1.29, 1.82) is 0 Å². The smallest absolute Gasteiger partial charge is 0.0700 e. The van der Waals surface area contributed by atoms with Gasteiger partial charge < -0.3 is 15.4 Å². The molecule has 0 spiro atoms. The summed E-state index contributed by atoms with van der Waals surface area (Å²) in [5, 5.41) is 7.00. The molecule has 0 radical (unpaired) electrons. The van der Waals surface area contributed by atoms with Gasteiger partial charge in [0.05, 0.1) is 6.10 Å². The van der Waals surface area contributed by atoms with E-state index in [4.69, 9.17) is 4.74 Å². The molecule has 0 aromatic rings. The number of ether oxygens (including phenoxy) is 1. The van der Waals surface area contributed by atoms with Crippen LogP contribution in [0.1, 0.15) is 40.5 Å². The molecular weight excluding hydrogens is 188 g/mol. The summed E-state index contributed by atoms with van der Waals surface area (Å²) in [6, 6.07) is 0.508. The second-order valence-electron chi connectivity index (χ2n) is 5.58. The minimum absolute atomic E-state index is 0.208. The van der Waals surface area contributed by atoms with Crippen LogP contribution in [0, 0.1) is 0 Å². The molecule has 0 bridgehead atoms. The Bertz CT molecular complexity index is 171. The summed E-state index contributed by atoms with van der Waals surface area (Å²) in [7, 11) is 0. The Balaban J connectivity index is 2.05. The van der Waals surface area contributed by atoms with Gasteiger partial charge in [0.1, 0.15) is 0 Å². The zero-order valence-electron chi connectivity index (χ0n) is 10.6. The summed E-state index contributed by atoms with van der Waals surface area (Å²) < 4.78 is 5.57. The summed E-state index contributed by atoms with van der Waals surface area (Å²) >= 11 is 0. The van der Waals surface area contributed by atoms with Crippen LogP contribution in [0.2, 0.25) is 0 Å². The summed E-state index contributed by atoms with van der Waals surface area (Å²) in [6.07, 6.45) is 2.88. The Hall–Kier alpha value is -0.120. The van der Waals surface area contributed by atoms with Gasteiger partial charge in [-0.1, -0.05) is 0 Å². The molecular formula is C12H26N2O. The highest BCUT2D eigenvalue weighted by molar-refractivity contribution is 4.76. The minimum atomic E-state index is 0.208. The van der Waals surface area contributed by atoms with Crippen LogP contribution in [0.3, 0.4) is 0 Å². The van der Waals surface area contributed by atoms with E-state index in [-0.39, 0.29) is 5.54 Å². The van der Waals surface area contributed by atoms with Gasteiger partial charge >= 0.3 is 0 Å². The molecule has 1 heterocycles. The lowest BCUT2D eigenvalue weighted by molar-refractivity contribution is 0.107. The lowest BCUT2D eigenvalue weighted by Crippen LogP contribution is -2.46. The number of hydrogen-bond acceptors (Lipinski definition) is 3. The van der Waals surface area contributed by atoms with Crippen LogP contribution in [0.15, 0.2) is 0 Å². The highest BCUT2D eigenvalue weighted by Gasteiger charge is 2.16. The second kappa shape index (κ2) is 5.83. The van der Waals surface area contributed by atoms with E-state index in [1.165, 1.54) is 12.8 Å². The molecule has 1 rings (SSSR count). The van der Waals surface area contributed by atoms with Crippen LogP contribution in [0.25, 0.3) is 0 Å². The third-order valence-electron chi connectivity index (χ3n) is 2.66. The first-order chi connectivity index (χ1) is 6.97. The van der Waals surface area contributed by atoms with E-state index in [0.29, 0.717) is 12.1 Å². The molecule has 1 unspecified atom stereocenters. The van der Waals surface area contributed by atoms with Gasteiger partial charge in [-0.2, -0.15) is 0 Å². The highest BCUT2D eigenvalue weighted by atomic mass is 16.5. The third-order valence-corrected chi connectivity index (χ3v) is 2.66. The Kier molecular flexibility index (Phi) is 5.03. The highest BCUT2D eigenvalue weighted by Crippen LogP contribution is 2.10. The van der Waals surface area contributed by atoms with Crippen molar-refractivity contribution in [1.82, 2.24) is 10.6 Å². The molecule has 0 aliphatic carbocycles. The fourth-order valence-corrected chi connectivity index (χ4v) is 1.67. The zero-order valence-corrected chi connectivity index (χ0v) is 10.6. The first kappa shape index (κ1) is 12.9. The van der Waals surface area contributed by atoms with Gasteiger partial charge in [-0.25, -0.2) is 0 Å². The third kappa shape index (κ3) is 6.13. The normalized spacial score (nSPS) is 24.4. The van der Waals surface area contributed by atoms with Crippen molar-refractivity contribution in [3.63, 3.8) is 0 Å². The molecule has 1 aliphatic heterocycles. The molecule has 1 saturated heterocycles. The van der Waals surface area contributed by atoms with Crippen molar-refractivity contribution < 1.29 is 4.74 Å². The van der Waals surface area contributed by atoms with Crippen molar-refractivity contribution in [2.24, 2.45) is 0 Å². The van der Waals surface area contributed by atoms with Crippen molar-refractivity contribution in [3.05, 3.63) is 0 Å². The summed E-state index contributed by atoms with van der Waals surface area (Å²) in [4.78, 5) is 0. The average molecular weight is 214 g/mol. The van der Waals surface area contributed by atoms with Crippen molar-refractivity contribution in [2.75, 3.05) is 19.7 Å². The van der Waals surface area contributed by atoms with Crippen molar-refractivity contribution in [3.8, 4) is 0 Å². The summed E-state index contributed by atoms with van der Waals surface area (Å²) in [5.41, 5.74) is 0.208. The molecule has 1 fully saturated rings. The molecule has 0 aromatic carbocycles. The number of nitrogens with one attached hydrogen (secondary N) is 2. The van der Waals surface area contributed by atoms with Gasteiger partial charge in [0, 0.05) is 31.3 Å². The maximum atomic E-state index is 5.57. The predicted molar refractivity (Wildman–Crippen MR) is 64.2 cm³/mol. The predicted octanol–water partition coefficient (Wildman–Crippen LogP) is 1.53. The molecule has 15 heavy (non-hydrogen) atoms. The molecule has 0 saturated carbocycles. The Morgan fingerprint density at radius 2 is 2.13 bits per heavy atom. The van der Waals surface area contributed by atoms with E-state index in [1.54, 1.807) is 0 Å². The number of hydrogen-bond donors (Lipinski definition) is 2. The Labute approximate surface area is 94.0 Å². The second-order valence-corrected chi connectivity index (χ2v) is 5.58. The van der Waals surface area contributed by atoms with Crippen molar-refractivity contribution in [2.45, 2.75) is 58.2 Å². The summed E-state index contributed by atoms with van der Waals surface area (Å²) in [5.74, 6) is 0. The monoisotopic (exact) mass is 214 g/mol. The lowest BCUT2D eigenvalue weighted by atomic mass is 10.1. The topological polar surface area (TPSA) is 33.3 Å². The van der Waals surface area contributed by atoms with Gasteiger partial charge in [-0.3, -0.25) is 0 Å². The molecule has 0 amide bonds. The van der Waals surface area contributed by atoms with E-state index in [0.717, 1.165) is 19.7 Å². The van der Waals surface area contributed by atoms with Crippen molar-refractivity contribution >= 4 is 0 Å². The minimum Gasteiger partial charge on any atom is -0.377 e. The van der Waals surface area contributed by atoms with Crippen LogP contribution in [0.5, 0.6) is 0 Å². The van der Waals surface area contributed by atoms with Crippen LogP contribution in [0.4, 0.5) is 0 Å². The maximum absolute atomic E-state index is 5.57. The van der Waals surface area contributed by atoms with Gasteiger partial charge in [-0.15, -0.1) is 0 Å². The fourth-order valence-electron chi connectivity index (χ4n) is 1.67. The first-order valence-corrected chi connectivity index (χ1v) is 6.07. The van der Waals surface area contributed by atoms with Crippen LogP contribution < -0.4 is 10.6 Å². The quantitative estimate of drug-likeness (QED) is 0.728. The zero-order chi connectivity index (χ0) is 11.3.